The Bertz CT molecular complexity index is 591. The van der Waals surface area contributed by atoms with Crippen LogP contribution in [-0.4, -0.2) is 36.9 Å². The fourth-order valence-electron chi connectivity index (χ4n) is 2.77. The Kier molecular flexibility index (Phi) is 4.42. The van der Waals surface area contributed by atoms with Gasteiger partial charge < -0.3 is 15.0 Å². The Morgan fingerprint density at radius 3 is 2.86 bits per heavy atom. The highest BCUT2D eigenvalue weighted by atomic mass is 16.5. The lowest BCUT2D eigenvalue weighted by Gasteiger charge is -2.36. The molecule has 0 fully saturated rings. The van der Waals surface area contributed by atoms with E-state index < -0.39 is 0 Å². The number of nitrogens with zero attached hydrogens (tertiary/aromatic N) is 3. The molecule has 1 aromatic carbocycles. The molecule has 0 amide bonds. The Morgan fingerprint density at radius 2 is 2.14 bits per heavy atom. The van der Waals surface area contributed by atoms with Crippen LogP contribution in [0.5, 0.6) is 5.75 Å². The van der Waals surface area contributed by atoms with E-state index in [1.165, 1.54) is 0 Å². The smallest absolute Gasteiger partial charge is 0.224 e. The molecule has 5 nitrogen and oxygen atoms in total. The first-order chi connectivity index (χ1) is 10.8. The summed E-state index contributed by atoms with van der Waals surface area (Å²) in [5.41, 5.74) is 0.962. The number of allylic oxidation sites excluding steroid dienone is 1. The number of fused-ring (bicyclic) bond motifs is 1. The van der Waals surface area contributed by atoms with Crippen molar-refractivity contribution in [3.05, 3.63) is 36.5 Å². The normalized spacial score (nSPS) is 23.0. The van der Waals surface area contributed by atoms with Crippen LogP contribution in [0.3, 0.4) is 0 Å². The quantitative estimate of drug-likeness (QED) is 0.929. The van der Waals surface area contributed by atoms with E-state index in [2.05, 4.69) is 34.4 Å². The maximum atomic E-state index is 5.17. The predicted octanol–water partition coefficient (Wildman–Crippen LogP) is 3.12. The zero-order valence-corrected chi connectivity index (χ0v) is 13.1. The van der Waals surface area contributed by atoms with Crippen LogP contribution in [0.2, 0.25) is 0 Å². The molecule has 5 heteroatoms. The van der Waals surface area contributed by atoms with E-state index in [0.717, 1.165) is 30.8 Å². The third-order valence-corrected chi connectivity index (χ3v) is 3.90. The summed E-state index contributed by atoms with van der Waals surface area (Å²) in [5, 5.41) is 3.27. The maximum Gasteiger partial charge on any atom is 0.224 e. The van der Waals surface area contributed by atoms with Crippen molar-refractivity contribution in [2.75, 3.05) is 19.0 Å². The van der Waals surface area contributed by atoms with Gasteiger partial charge in [0.15, 0.2) is 0 Å². The minimum absolute atomic E-state index is 0.156. The van der Waals surface area contributed by atoms with Crippen molar-refractivity contribution in [2.45, 2.75) is 25.9 Å². The molecule has 1 aromatic rings. The zero-order valence-electron chi connectivity index (χ0n) is 13.1. The van der Waals surface area contributed by atoms with Crippen molar-refractivity contribution in [2.24, 2.45) is 15.9 Å². The Hall–Kier alpha value is -2.30. The number of guanidine groups is 1. The van der Waals surface area contributed by atoms with Crippen molar-refractivity contribution < 1.29 is 4.74 Å². The third kappa shape index (κ3) is 3.13. The molecule has 2 atom stereocenters. The van der Waals surface area contributed by atoms with Crippen LogP contribution in [0.1, 0.15) is 19.8 Å². The molecular formula is C17H22N4O. The molecule has 0 spiro atoms. The van der Waals surface area contributed by atoms with Gasteiger partial charge in [0, 0.05) is 24.4 Å². The molecule has 22 heavy (non-hydrogen) atoms. The molecule has 0 saturated carbocycles. The van der Waals surface area contributed by atoms with E-state index in [1.807, 2.05) is 30.5 Å². The minimum Gasteiger partial charge on any atom is -0.497 e. The summed E-state index contributed by atoms with van der Waals surface area (Å²) in [4.78, 5) is 11.6. The molecule has 0 radical (unpaired) electrons. The Balaban J connectivity index is 1.73. The minimum atomic E-state index is 0.156. The van der Waals surface area contributed by atoms with Gasteiger partial charge in [-0.15, -0.1) is 0 Å². The van der Waals surface area contributed by atoms with Gasteiger partial charge in [0.25, 0.3) is 0 Å². The van der Waals surface area contributed by atoms with Gasteiger partial charge in [-0.2, -0.15) is 0 Å². The number of rotatable bonds is 4. The van der Waals surface area contributed by atoms with Gasteiger partial charge in [-0.3, -0.25) is 0 Å². The third-order valence-electron chi connectivity index (χ3n) is 3.90. The summed E-state index contributed by atoms with van der Waals surface area (Å²) >= 11 is 0. The van der Waals surface area contributed by atoms with Crippen LogP contribution in [0.15, 0.2) is 46.5 Å². The highest BCUT2D eigenvalue weighted by molar-refractivity contribution is 6.00. The topological polar surface area (TPSA) is 49.2 Å². The van der Waals surface area contributed by atoms with Gasteiger partial charge in [0.1, 0.15) is 11.9 Å². The number of methoxy groups -OCH3 is 1. The van der Waals surface area contributed by atoms with Crippen molar-refractivity contribution >= 4 is 17.9 Å². The van der Waals surface area contributed by atoms with Crippen LogP contribution in [0, 0.1) is 5.92 Å². The van der Waals surface area contributed by atoms with Gasteiger partial charge in [-0.1, -0.05) is 13.0 Å². The van der Waals surface area contributed by atoms with Gasteiger partial charge in [-0.05, 0) is 43.3 Å². The average molecular weight is 298 g/mol. The lowest BCUT2D eigenvalue weighted by Crippen LogP contribution is -2.42. The van der Waals surface area contributed by atoms with Gasteiger partial charge in [0.05, 0.1) is 7.11 Å². The van der Waals surface area contributed by atoms with Crippen molar-refractivity contribution in [1.82, 2.24) is 4.90 Å². The molecule has 3 rings (SSSR count). The molecule has 0 aromatic heterocycles. The van der Waals surface area contributed by atoms with E-state index in [1.54, 1.807) is 7.11 Å². The van der Waals surface area contributed by atoms with E-state index in [0.29, 0.717) is 11.9 Å². The van der Waals surface area contributed by atoms with Crippen molar-refractivity contribution in [1.29, 1.82) is 0 Å². The summed E-state index contributed by atoms with van der Waals surface area (Å²) in [7, 11) is 1.66. The van der Waals surface area contributed by atoms with Crippen LogP contribution in [0.4, 0.5) is 5.69 Å². The van der Waals surface area contributed by atoms with Crippen molar-refractivity contribution in [3.63, 3.8) is 0 Å². The second-order valence-corrected chi connectivity index (χ2v) is 5.52. The number of hydrogen-bond donors (Lipinski definition) is 1. The summed E-state index contributed by atoms with van der Waals surface area (Å²) in [6, 6.07) is 7.77. The number of nitrogens with one attached hydrogen (secondary N) is 1. The molecule has 2 unspecified atom stereocenters. The second-order valence-electron chi connectivity index (χ2n) is 5.52. The maximum absolute atomic E-state index is 5.17. The number of benzene rings is 1. The first kappa shape index (κ1) is 14.6. The van der Waals surface area contributed by atoms with Gasteiger partial charge >= 0.3 is 0 Å². The highest BCUT2D eigenvalue weighted by Crippen LogP contribution is 2.25. The van der Waals surface area contributed by atoms with Crippen LogP contribution in [-0.2, 0) is 0 Å². The van der Waals surface area contributed by atoms with Gasteiger partial charge in [-0.25, -0.2) is 9.98 Å². The Morgan fingerprint density at radius 1 is 1.32 bits per heavy atom. The van der Waals surface area contributed by atoms with E-state index >= 15 is 0 Å². The molecular weight excluding hydrogens is 276 g/mol. The fraction of sp³-hybridized carbons (Fsp3) is 0.412. The second kappa shape index (κ2) is 6.64. The SMILES string of the molecule is CCCN1C=CCC2C=NC(Nc3ccc(OC)cc3)=NC21. The number of anilines is 1. The van der Waals surface area contributed by atoms with E-state index in [4.69, 9.17) is 9.73 Å². The molecule has 0 bridgehead atoms. The number of ether oxygens (including phenoxy) is 1. The van der Waals surface area contributed by atoms with Gasteiger partial charge in [0.2, 0.25) is 5.96 Å². The lowest BCUT2D eigenvalue weighted by molar-refractivity contribution is 0.228. The molecule has 1 N–H and O–H groups in total. The summed E-state index contributed by atoms with van der Waals surface area (Å²) < 4.78 is 5.17. The highest BCUT2D eigenvalue weighted by Gasteiger charge is 2.29. The first-order valence-electron chi connectivity index (χ1n) is 7.75. The fourth-order valence-corrected chi connectivity index (χ4v) is 2.77. The largest absolute Gasteiger partial charge is 0.497 e. The van der Waals surface area contributed by atoms with Crippen LogP contribution >= 0.6 is 0 Å². The number of hydrogen-bond acceptors (Lipinski definition) is 5. The van der Waals surface area contributed by atoms with Crippen molar-refractivity contribution in [3.8, 4) is 5.75 Å². The number of aliphatic imine (C=N–C) groups is 2. The molecule has 2 aliphatic heterocycles. The van der Waals surface area contributed by atoms with E-state index in [-0.39, 0.29) is 6.17 Å². The molecule has 0 saturated heterocycles. The standard InChI is InChI=1S/C17H22N4O/c1-3-10-21-11-4-5-13-12-18-17(20-16(13)21)19-14-6-8-15(22-2)9-7-14/h4,6-9,11-13,16H,3,5,10H2,1-2H3,(H,19,20). The molecule has 2 aliphatic rings. The first-order valence-corrected chi connectivity index (χ1v) is 7.75. The average Bonchev–Trinajstić information content (AvgIpc) is 2.56. The zero-order chi connectivity index (χ0) is 15.4. The summed E-state index contributed by atoms with van der Waals surface area (Å²) in [5.74, 6) is 1.88. The Labute approximate surface area is 131 Å². The van der Waals surface area contributed by atoms with Crippen LogP contribution in [0.25, 0.3) is 0 Å². The van der Waals surface area contributed by atoms with Crippen LogP contribution < -0.4 is 10.1 Å². The molecule has 2 heterocycles. The van der Waals surface area contributed by atoms with E-state index in [9.17, 15) is 0 Å². The molecule has 116 valence electrons. The monoisotopic (exact) mass is 298 g/mol. The lowest BCUT2D eigenvalue weighted by atomic mass is 9.98. The summed E-state index contributed by atoms with van der Waals surface area (Å²) in [6.45, 7) is 3.21. The predicted molar refractivity (Wildman–Crippen MR) is 90.6 cm³/mol. The molecule has 0 aliphatic carbocycles. The summed E-state index contributed by atoms with van der Waals surface area (Å²) in [6.07, 6.45) is 8.67.